The van der Waals surface area contributed by atoms with E-state index in [1.165, 1.54) is 33.4 Å². The van der Waals surface area contributed by atoms with Crippen molar-refractivity contribution in [1.29, 1.82) is 0 Å². The fraction of sp³-hybridized carbons (Fsp3) is 0.571. The zero-order valence-electron chi connectivity index (χ0n) is 66.0. The second-order valence-electron chi connectivity index (χ2n) is 38.1. The first-order valence-electron chi connectivity index (χ1n) is 33.8. The van der Waals surface area contributed by atoms with E-state index >= 15 is 0 Å². The van der Waals surface area contributed by atoms with Crippen LogP contribution in [0.3, 0.4) is 0 Å². The number of hydrogen-bond acceptors (Lipinski definition) is 6. The van der Waals surface area contributed by atoms with Gasteiger partial charge in [0.1, 0.15) is 23.0 Å². The molecule has 0 aliphatic heterocycles. The van der Waals surface area contributed by atoms with Gasteiger partial charge in [-0.3, -0.25) is 0 Å². The molecule has 0 saturated carbocycles. The molecule has 6 nitrogen and oxygen atoms in total. The summed E-state index contributed by atoms with van der Waals surface area (Å²) in [5, 5.41) is 0. The van der Waals surface area contributed by atoms with Crippen molar-refractivity contribution in [2.24, 2.45) is 0 Å². The van der Waals surface area contributed by atoms with E-state index in [4.69, 9.17) is 27.1 Å². The van der Waals surface area contributed by atoms with Crippen molar-refractivity contribution in [3.8, 4) is 34.5 Å². The van der Waals surface area contributed by atoms with Gasteiger partial charge in [-0.1, -0.05) is 319 Å². The van der Waals surface area contributed by atoms with Crippen molar-refractivity contribution in [2.75, 3.05) is 0 Å². The van der Waals surface area contributed by atoms with E-state index in [2.05, 4.69) is 377 Å². The van der Waals surface area contributed by atoms with Crippen molar-refractivity contribution >= 4 is 36.0 Å². The van der Waals surface area contributed by atoms with Crippen LogP contribution in [0.4, 0.5) is 0 Å². The molecule has 6 rings (SSSR count). The Morgan fingerprint density at radius 2 is 0.396 bits per heavy atom. The molecule has 0 amide bonds. The zero-order chi connectivity index (χ0) is 74.5. The Morgan fingerprint density at radius 1 is 0.229 bits per heavy atom. The summed E-state index contributed by atoms with van der Waals surface area (Å²) in [5.41, 5.74) is 13.2. The molecule has 0 radical (unpaired) electrons. The van der Waals surface area contributed by atoms with Gasteiger partial charge in [0.05, 0.1) is 0 Å². The molecule has 0 aliphatic rings. The maximum absolute atomic E-state index is 6.88. The fourth-order valence-electron chi connectivity index (χ4n) is 10.3. The van der Waals surface area contributed by atoms with Gasteiger partial charge in [0.25, 0.3) is 0 Å². The van der Waals surface area contributed by atoms with Crippen LogP contribution in [-0.2, 0) is 103 Å². The van der Waals surface area contributed by atoms with Crippen molar-refractivity contribution in [3.63, 3.8) is 0 Å². The third kappa shape index (κ3) is 25.2. The van der Waals surface area contributed by atoms with Gasteiger partial charge < -0.3 is 27.1 Å². The van der Waals surface area contributed by atoms with Crippen LogP contribution in [0.2, 0.25) is 0 Å². The summed E-state index contributed by atoms with van der Waals surface area (Å²) >= 11 is 3.22. The molecule has 0 aliphatic carbocycles. The van der Waals surface area contributed by atoms with Crippen molar-refractivity contribution in [2.45, 2.75) is 314 Å². The Morgan fingerprint density at radius 3 is 0.552 bits per heavy atom. The fourth-order valence-corrected chi connectivity index (χ4v) is 12.4. The molecule has 0 aromatic heterocycles. The van der Waals surface area contributed by atoms with Crippen LogP contribution < -0.4 is 27.1 Å². The quantitative estimate of drug-likeness (QED) is 0.0899. The van der Waals surface area contributed by atoms with Gasteiger partial charge >= 0.3 is 73.6 Å². The van der Waals surface area contributed by atoms with E-state index in [0.717, 1.165) is 56.4 Å². The van der Waals surface area contributed by atoms with Crippen LogP contribution in [0.15, 0.2) is 97.1 Å². The predicted molar refractivity (Wildman–Crippen MR) is 410 cm³/mol. The first-order valence-corrected chi connectivity index (χ1v) is 41.6. The molecular weight excluding hydrogens is 1630 g/mol. The molecule has 12 heteroatoms. The first-order chi connectivity index (χ1) is 43.2. The monoisotopic (exact) mass is 1750 g/mol. The van der Waals surface area contributed by atoms with Gasteiger partial charge in [-0.2, -0.15) is 35.4 Å². The summed E-state index contributed by atoms with van der Waals surface area (Å²) in [5.74, 6) is 4.44. The van der Waals surface area contributed by atoms with E-state index in [0.29, 0.717) is 11.5 Å². The topological polar surface area (TPSA) is 55.4 Å². The summed E-state index contributed by atoms with van der Waals surface area (Å²) in [7, 11) is 5.37. The van der Waals surface area contributed by atoms with E-state index in [1.54, 1.807) is 37.5 Å². The van der Waals surface area contributed by atoms with Crippen LogP contribution in [0.25, 0.3) is 0 Å². The summed E-state index contributed by atoms with van der Waals surface area (Å²) in [6, 6.07) is 41.8. The molecule has 6 aromatic rings. The summed E-state index contributed by atoms with van der Waals surface area (Å²) in [4.78, 5) is 0. The van der Waals surface area contributed by atoms with Gasteiger partial charge in [0.15, 0.2) is 0 Å². The van der Waals surface area contributed by atoms with Crippen molar-refractivity contribution in [3.05, 3.63) is 176 Å². The average molecular weight is 1750 g/mol. The van der Waals surface area contributed by atoms with E-state index in [9.17, 15) is 0 Å². The minimum absolute atomic E-state index is 0.0120. The molecule has 0 bridgehead atoms. The normalized spacial score (nSPS) is 13.2. The molecule has 0 N–H and O–H groups in total. The third-order valence-corrected chi connectivity index (χ3v) is 18.8. The summed E-state index contributed by atoms with van der Waals surface area (Å²) < 4.78 is 41.2. The Labute approximate surface area is 620 Å². The van der Waals surface area contributed by atoms with Gasteiger partial charge in [-0.05, 0) is 89.8 Å². The molecule has 96 heavy (non-hydrogen) atoms. The number of hydrogen-bond donors (Lipinski definition) is 0. The van der Waals surface area contributed by atoms with Gasteiger partial charge in [0.2, 0.25) is 0 Å². The standard InChI is InChI=1S/2C42H62O3P.2ClH.2Pt/c2*1-37(2,3)28-19-22-34(31(25-28)40(10,11)12)43-46(44-35-23-20-29(38(4,5)6)26-32(35)41(13,14)15)45-36-24-21-30(39(7,8)9)27-33(36)42(16,17)18;;;;/h2*19-23,25-27H,1-18H3;2*1H;;/q2*-1;;;2*+2/p-2. The zero-order valence-corrected chi connectivity index (χ0v) is 73.8. The molecule has 0 saturated heterocycles. The second-order valence-corrected chi connectivity index (χ2v) is 40.1. The van der Waals surface area contributed by atoms with Gasteiger partial charge in [0, 0.05) is 33.8 Å². The number of halogens is 2. The molecule has 0 spiro atoms. The summed E-state index contributed by atoms with van der Waals surface area (Å²) in [6.45, 7) is 80.3. The van der Waals surface area contributed by atoms with Crippen molar-refractivity contribution in [1.82, 2.24) is 0 Å². The molecule has 0 unspecified atom stereocenters. The molecular formula is C84H124Cl2O6P2Pt2. The molecule has 0 heterocycles. The molecule has 6 aromatic carbocycles. The van der Waals surface area contributed by atoms with E-state index in [-0.39, 0.29) is 65.0 Å². The summed E-state index contributed by atoms with van der Waals surface area (Å²) in [6.07, 6.45) is 0. The Balaban J connectivity index is 0.000000476. The molecule has 0 fully saturated rings. The Bertz CT molecular complexity index is 2910. The molecule has 0 atom stereocenters. The number of rotatable bonds is 12. The van der Waals surface area contributed by atoms with Gasteiger partial charge in [-0.25, -0.2) is 0 Å². The average Bonchev–Trinajstić information content (AvgIpc) is 0.805. The maximum atomic E-state index is 6.88. The van der Waals surface area contributed by atoms with E-state index < -0.39 is 17.2 Å². The SMILES string of the molecule is CC(C)(C)c1c[c-]c(OP(Oc2ccc(C(C)(C)C)cc2C(C)(C)C)Oc2ccc(C(C)(C)C)cc2C(C)(C)C)c(C(C)(C)C)c1.CC(C)(C)c1c[c-]c(OP(Oc2ccc(C(C)(C)C)cc2C(C)(C)C)Oc2ccc(C(C)(C)C)cc2C(C)(C)C)c(C(C)(C)C)c1.[Cl][Pt+].[Cl][Pt+]. The van der Waals surface area contributed by atoms with Crippen LogP contribution in [0.5, 0.6) is 34.5 Å². The first kappa shape index (κ1) is 87.2. The third-order valence-electron chi connectivity index (χ3n) is 16.8. The van der Waals surface area contributed by atoms with Crippen LogP contribution in [0.1, 0.15) is 316 Å². The van der Waals surface area contributed by atoms with Crippen molar-refractivity contribution < 1.29 is 64.7 Å². The van der Waals surface area contributed by atoms with Gasteiger partial charge in [-0.15, -0.1) is 23.3 Å². The van der Waals surface area contributed by atoms with Crippen LogP contribution in [0, 0.1) is 12.1 Å². The van der Waals surface area contributed by atoms with E-state index in [1.807, 2.05) is 0 Å². The Kier molecular flexibility index (Phi) is 29.5. The van der Waals surface area contributed by atoms with Crippen LogP contribution in [-0.4, -0.2) is 0 Å². The second kappa shape index (κ2) is 32.5. The molecule has 540 valence electrons. The minimum atomic E-state index is -1.92. The van der Waals surface area contributed by atoms with Crippen LogP contribution >= 0.6 is 36.0 Å². The predicted octanol–water partition coefficient (Wildman–Crippen LogP) is 27.4. The number of benzene rings is 6. The Hall–Kier alpha value is -3.06.